The van der Waals surface area contributed by atoms with E-state index in [0.717, 1.165) is 6.54 Å². The maximum absolute atomic E-state index is 11.7. The number of hydrogen-bond acceptors (Lipinski definition) is 5. The fourth-order valence-electron chi connectivity index (χ4n) is 1.68. The largest absolute Gasteiger partial charge is 0.467 e. The second kappa shape index (κ2) is 9.13. The molecule has 0 saturated carbocycles. The van der Waals surface area contributed by atoms with Crippen LogP contribution in [0.4, 0.5) is 0 Å². The van der Waals surface area contributed by atoms with Gasteiger partial charge in [0.15, 0.2) is 0 Å². The van der Waals surface area contributed by atoms with Gasteiger partial charge in [-0.15, -0.1) is 12.4 Å². The molecule has 1 rings (SSSR count). The topological polar surface area (TPSA) is 76.7 Å². The lowest BCUT2D eigenvalue weighted by Crippen LogP contribution is -2.45. The zero-order valence-corrected chi connectivity index (χ0v) is 11.5. The van der Waals surface area contributed by atoms with Crippen molar-refractivity contribution in [2.24, 2.45) is 0 Å². The number of morpholine rings is 1. The highest BCUT2D eigenvalue weighted by Crippen LogP contribution is 2.02. The van der Waals surface area contributed by atoms with Crippen LogP contribution in [0.3, 0.4) is 0 Å². The van der Waals surface area contributed by atoms with Crippen LogP contribution in [0.15, 0.2) is 0 Å². The van der Waals surface area contributed by atoms with Crippen molar-refractivity contribution >= 4 is 24.3 Å². The Bertz CT molecular complexity index is 270. The maximum atomic E-state index is 11.7. The van der Waals surface area contributed by atoms with Crippen molar-refractivity contribution in [2.75, 3.05) is 26.8 Å². The highest BCUT2D eigenvalue weighted by Gasteiger charge is 2.22. The maximum Gasteiger partial charge on any atom is 0.328 e. The second-order valence-electron chi connectivity index (χ2n) is 3.95. The molecule has 0 aromatic heterocycles. The summed E-state index contributed by atoms with van der Waals surface area (Å²) < 4.78 is 10.0. The molecule has 1 saturated heterocycles. The number of halogens is 1. The zero-order valence-electron chi connectivity index (χ0n) is 10.7. The zero-order chi connectivity index (χ0) is 12.7. The van der Waals surface area contributed by atoms with Crippen LogP contribution in [0, 0.1) is 0 Å². The molecule has 106 valence electrons. The Morgan fingerprint density at radius 3 is 2.78 bits per heavy atom. The standard InChI is InChI=1S/C11H20N2O4.ClH/c1-3-9(11(15)16-2)13-10(14)6-8-7-12-4-5-17-8;/h8-9,12H,3-7H2,1-2H3,(H,13,14);1H. The van der Waals surface area contributed by atoms with Crippen LogP contribution in [0.5, 0.6) is 0 Å². The number of carbonyl (C=O) groups excluding carboxylic acids is 2. The Morgan fingerprint density at radius 2 is 2.28 bits per heavy atom. The van der Waals surface area contributed by atoms with E-state index in [2.05, 4.69) is 15.4 Å². The van der Waals surface area contributed by atoms with Crippen LogP contribution in [-0.4, -0.2) is 50.8 Å². The van der Waals surface area contributed by atoms with Gasteiger partial charge < -0.3 is 20.1 Å². The van der Waals surface area contributed by atoms with Gasteiger partial charge in [0.2, 0.25) is 5.91 Å². The molecular weight excluding hydrogens is 260 g/mol. The Morgan fingerprint density at radius 1 is 1.56 bits per heavy atom. The summed E-state index contributed by atoms with van der Waals surface area (Å²) in [6.07, 6.45) is 0.668. The van der Waals surface area contributed by atoms with Gasteiger partial charge in [-0.2, -0.15) is 0 Å². The minimum Gasteiger partial charge on any atom is -0.467 e. The minimum atomic E-state index is -0.566. The van der Waals surface area contributed by atoms with Gasteiger partial charge in [0.25, 0.3) is 0 Å². The van der Waals surface area contributed by atoms with Gasteiger partial charge in [-0.05, 0) is 6.42 Å². The summed E-state index contributed by atoms with van der Waals surface area (Å²) in [6, 6.07) is -0.566. The highest BCUT2D eigenvalue weighted by atomic mass is 35.5. The van der Waals surface area contributed by atoms with Gasteiger partial charge in [0.05, 0.1) is 26.2 Å². The average Bonchev–Trinajstić information content (AvgIpc) is 2.36. The van der Waals surface area contributed by atoms with E-state index in [1.807, 2.05) is 6.92 Å². The average molecular weight is 281 g/mol. The summed E-state index contributed by atoms with van der Waals surface area (Å²) in [4.78, 5) is 23.0. The van der Waals surface area contributed by atoms with Crippen LogP contribution in [-0.2, 0) is 19.1 Å². The lowest BCUT2D eigenvalue weighted by atomic mass is 10.2. The summed E-state index contributed by atoms with van der Waals surface area (Å²) in [5, 5.41) is 5.79. The summed E-state index contributed by atoms with van der Waals surface area (Å²) in [6.45, 7) is 3.92. The van der Waals surface area contributed by atoms with Crippen LogP contribution < -0.4 is 10.6 Å². The van der Waals surface area contributed by atoms with Crippen molar-refractivity contribution in [3.05, 3.63) is 0 Å². The molecule has 0 aromatic rings. The third kappa shape index (κ3) is 5.66. The quantitative estimate of drug-likeness (QED) is 0.685. The molecule has 0 bridgehead atoms. The van der Waals surface area contributed by atoms with Crippen LogP contribution in [0.25, 0.3) is 0 Å². The number of esters is 1. The number of nitrogens with one attached hydrogen (secondary N) is 2. The van der Waals surface area contributed by atoms with E-state index in [1.54, 1.807) is 0 Å². The van der Waals surface area contributed by atoms with Crippen LogP contribution in [0.1, 0.15) is 19.8 Å². The molecule has 6 nitrogen and oxygen atoms in total. The van der Waals surface area contributed by atoms with E-state index in [9.17, 15) is 9.59 Å². The van der Waals surface area contributed by atoms with Crippen molar-refractivity contribution in [3.8, 4) is 0 Å². The predicted octanol–water partition coefficient (Wildman–Crippen LogP) is -0.146. The SMILES string of the molecule is CCC(NC(=O)CC1CNCCO1)C(=O)OC.Cl. The molecule has 2 unspecified atom stereocenters. The van der Waals surface area contributed by atoms with E-state index >= 15 is 0 Å². The van der Waals surface area contributed by atoms with Crippen molar-refractivity contribution in [2.45, 2.75) is 31.9 Å². The molecule has 2 N–H and O–H groups in total. The van der Waals surface area contributed by atoms with Gasteiger partial charge in [0.1, 0.15) is 6.04 Å². The molecule has 0 aliphatic carbocycles. The van der Waals surface area contributed by atoms with E-state index in [1.165, 1.54) is 7.11 Å². The van der Waals surface area contributed by atoms with Crippen molar-refractivity contribution in [1.82, 2.24) is 10.6 Å². The van der Waals surface area contributed by atoms with Crippen molar-refractivity contribution < 1.29 is 19.1 Å². The van der Waals surface area contributed by atoms with E-state index < -0.39 is 12.0 Å². The summed E-state index contributed by atoms with van der Waals surface area (Å²) in [5.74, 6) is -0.598. The van der Waals surface area contributed by atoms with Gasteiger partial charge in [-0.1, -0.05) is 6.92 Å². The molecule has 1 heterocycles. The predicted molar refractivity (Wildman–Crippen MR) is 68.7 cm³/mol. The number of methoxy groups -OCH3 is 1. The Hall–Kier alpha value is -0.850. The first kappa shape index (κ1) is 17.2. The first-order chi connectivity index (χ1) is 8.17. The summed E-state index contributed by atoms with van der Waals surface area (Å²) in [7, 11) is 1.31. The number of ether oxygens (including phenoxy) is 2. The van der Waals surface area contributed by atoms with Gasteiger partial charge in [-0.25, -0.2) is 4.79 Å². The molecule has 1 aliphatic rings. The lowest BCUT2D eigenvalue weighted by Gasteiger charge is -2.23. The van der Waals surface area contributed by atoms with Crippen molar-refractivity contribution in [3.63, 3.8) is 0 Å². The lowest BCUT2D eigenvalue weighted by molar-refractivity contribution is -0.145. The molecule has 1 aliphatic heterocycles. The fourth-order valence-corrected chi connectivity index (χ4v) is 1.68. The molecular formula is C11H21ClN2O4. The Kier molecular flexibility index (Phi) is 8.70. The van der Waals surface area contributed by atoms with E-state index in [-0.39, 0.29) is 30.8 Å². The molecule has 18 heavy (non-hydrogen) atoms. The van der Waals surface area contributed by atoms with Gasteiger partial charge in [-0.3, -0.25) is 4.79 Å². The van der Waals surface area contributed by atoms with Crippen molar-refractivity contribution in [1.29, 1.82) is 0 Å². The summed E-state index contributed by atoms with van der Waals surface area (Å²) >= 11 is 0. The summed E-state index contributed by atoms with van der Waals surface area (Å²) in [5.41, 5.74) is 0. The molecule has 0 aromatic carbocycles. The number of carbonyl (C=O) groups is 2. The van der Waals surface area contributed by atoms with Crippen LogP contribution in [0.2, 0.25) is 0 Å². The second-order valence-corrected chi connectivity index (χ2v) is 3.95. The molecule has 2 atom stereocenters. The number of rotatable bonds is 5. The Labute approximate surface area is 113 Å². The number of amides is 1. The highest BCUT2D eigenvalue weighted by molar-refractivity contribution is 5.85. The van der Waals surface area contributed by atoms with Gasteiger partial charge >= 0.3 is 5.97 Å². The molecule has 0 radical (unpaired) electrons. The third-order valence-electron chi connectivity index (χ3n) is 2.65. The first-order valence-electron chi connectivity index (χ1n) is 5.86. The van der Waals surface area contributed by atoms with E-state index in [0.29, 0.717) is 19.6 Å². The Balaban J connectivity index is 0.00000289. The van der Waals surface area contributed by atoms with Gasteiger partial charge in [0, 0.05) is 13.1 Å². The molecule has 1 amide bonds. The normalized spacial score (nSPS) is 20.4. The minimum absolute atomic E-state index is 0. The van der Waals surface area contributed by atoms with E-state index in [4.69, 9.17) is 4.74 Å². The molecule has 0 spiro atoms. The molecule has 1 fully saturated rings. The molecule has 7 heteroatoms. The third-order valence-corrected chi connectivity index (χ3v) is 2.65. The monoisotopic (exact) mass is 280 g/mol. The smallest absolute Gasteiger partial charge is 0.328 e. The van der Waals surface area contributed by atoms with Crippen LogP contribution >= 0.6 is 12.4 Å². The fraction of sp³-hybridized carbons (Fsp3) is 0.818. The first-order valence-corrected chi connectivity index (χ1v) is 5.86. The number of hydrogen-bond donors (Lipinski definition) is 2.